The van der Waals surface area contributed by atoms with Crippen LogP contribution in [-0.4, -0.2) is 54.8 Å². The zero-order valence-electron chi connectivity index (χ0n) is 11.0. The number of rotatable bonds is 3. The van der Waals surface area contributed by atoms with E-state index >= 15 is 0 Å². The van der Waals surface area contributed by atoms with E-state index in [1.807, 2.05) is 13.2 Å². The van der Waals surface area contributed by atoms with E-state index in [-0.39, 0.29) is 29.9 Å². The zero-order valence-corrected chi connectivity index (χ0v) is 11.7. The highest BCUT2D eigenvalue weighted by Gasteiger charge is 2.30. The summed E-state index contributed by atoms with van der Waals surface area (Å²) in [4.78, 5) is 12.4. The molecule has 1 aliphatic rings. The fraction of sp³-hybridized carbons (Fsp3) is 0.500. The van der Waals surface area contributed by atoms with E-state index < -0.39 is 0 Å². The Morgan fingerprint density at radius 1 is 1.16 bits per heavy atom. The molecule has 1 aromatic rings. The van der Waals surface area contributed by atoms with E-state index in [9.17, 15) is 0 Å². The van der Waals surface area contributed by atoms with Gasteiger partial charge in [0.1, 0.15) is 25.6 Å². The van der Waals surface area contributed by atoms with E-state index in [1.54, 1.807) is 6.26 Å². The summed E-state index contributed by atoms with van der Waals surface area (Å²) in [5.41, 5.74) is 0. The molecule has 1 aliphatic heterocycles. The van der Waals surface area contributed by atoms with Crippen molar-refractivity contribution >= 4 is 5.95 Å². The van der Waals surface area contributed by atoms with Crippen molar-refractivity contribution < 1.29 is 32.1 Å². The van der Waals surface area contributed by atoms with Crippen LogP contribution in [0.5, 0.6) is 12.0 Å². The Hall–Kier alpha value is -1.64. The van der Waals surface area contributed by atoms with Crippen molar-refractivity contribution in [3.63, 3.8) is 0 Å². The molecule has 8 nitrogen and oxygen atoms in total. The van der Waals surface area contributed by atoms with Crippen LogP contribution in [-0.2, 0) is 4.74 Å². The molecule has 0 saturated carbocycles. The van der Waals surface area contributed by atoms with Crippen LogP contribution in [0.2, 0.25) is 0 Å². The predicted molar refractivity (Wildman–Crippen MR) is 64.2 cm³/mol. The topological polar surface area (TPSA) is 97.9 Å². The van der Waals surface area contributed by atoms with Crippen LogP contribution in [0, 0.1) is 0 Å². The minimum atomic E-state index is 0. The largest absolute Gasteiger partial charge is 1.00 e. The number of ether oxygens (including phenoxy) is 3. The first-order valence-electron chi connectivity index (χ1n) is 5.17. The van der Waals surface area contributed by atoms with E-state index in [0.29, 0.717) is 17.0 Å². The molecule has 19 heavy (non-hydrogen) atoms. The molecule has 0 fully saturated rings. The van der Waals surface area contributed by atoms with Gasteiger partial charge in [-0.15, -0.1) is 15.0 Å². The average molecular weight is 293 g/mol. The number of aromatic nitrogens is 3. The van der Waals surface area contributed by atoms with E-state index in [4.69, 9.17) is 14.2 Å². The van der Waals surface area contributed by atoms with Gasteiger partial charge in [-0.25, -0.2) is 4.48 Å². The molecular formula is C10H17ClN4O4. The summed E-state index contributed by atoms with van der Waals surface area (Å²) in [6, 6.07) is 0.484. The fourth-order valence-electron chi connectivity index (χ4n) is 1.47. The molecule has 1 atom stereocenters. The van der Waals surface area contributed by atoms with Crippen LogP contribution in [0.1, 0.15) is 0 Å². The fourth-order valence-corrected chi connectivity index (χ4v) is 1.47. The lowest BCUT2D eigenvalue weighted by molar-refractivity contribution is -0.00000665. The summed E-state index contributed by atoms with van der Waals surface area (Å²) in [6.45, 7) is 1.36. The normalized spacial score (nSPS) is 20.6. The lowest BCUT2D eigenvalue weighted by atomic mass is 10.4. The molecule has 0 saturated heterocycles. The average Bonchev–Trinajstić information content (AvgIpc) is 2.39. The van der Waals surface area contributed by atoms with Crippen molar-refractivity contribution in [1.82, 2.24) is 19.4 Å². The molecule has 0 spiro atoms. The number of quaternary nitrogens is 1. The van der Waals surface area contributed by atoms with Gasteiger partial charge in [0.05, 0.1) is 21.3 Å². The van der Waals surface area contributed by atoms with Crippen molar-refractivity contribution in [1.29, 1.82) is 0 Å². The van der Waals surface area contributed by atoms with Crippen LogP contribution in [0.25, 0.3) is 0 Å². The van der Waals surface area contributed by atoms with Crippen molar-refractivity contribution in [2.75, 3.05) is 34.4 Å². The van der Waals surface area contributed by atoms with Crippen LogP contribution in [0.4, 0.5) is 5.95 Å². The third-order valence-corrected chi connectivity index (χ3v) is 2.56. The smallest absolute Gasteiger partial charge is 0.342 e. The van der Waals surface area contributed by atoms with Gasteiger partial charge in [0.25, 0.3) is 0 Å². The zero-order chi connectivity index (χ0) is 12.3. The number of methoxy groups -OCH3 is 2. The second-order valence-corrected chi connectivity index (χ2v) is 3.76. The summed E-state index contributed by atoms with van der Waals surface area (Å²) >= 11 is 0. The Bertz CT molecular complexity index is 423. The maximum atomic E-state index is 5.17. The van der Waals surface area contributed by atoms with Gasteiger partial charge < -0.3 is 32.1 Å². The van der Waals surface area contributed by atoms with Crippen LogP contribution in [0.15, 0.2) is 12.5 Å². The van der Waals surface area contributed by atoms with Crippen LogP contribution in [0.3, 0.4) is 0 Å². The SMILES string of the molecule is COc1nc(OC)nc([N+]2(C)C=COCC2)n1.O.[Cl-]. The van der Waals surface area contributed by atoms with Crippen molar-refractivity contribution in [3.05, 3.63) is 12.5 Å². The van der Waals surface area contributed by atoms with Gasteiger partial charge in [0.2, 0.25) is 0 Å². The predicted octanol–water partition coefficient (Wildman–Crippen LogP) is -3.49. The molecule has 0 bridgehead atoms. The first-order chi connectivity index (χ1) is 8.18. The van der Waals surface area contributed by atoms with E-state index in [2.05, 4.69) is 15.0 Å². The number of nitrogens with zero attached hydrogens (tertiary/aromatic N) is 4. The molecule has 2 rings (SSSR count). The molecule has 1 aromatic heterocycles. The highest BCUT2D eigenvalue weighted by Crippen LogP contribution is 2.22. The number of likely N-dealkylation sites (N-methyl/N-ethyl adjacent to an activating group) is 1. The lowest BCUT2D eigenvalue weighted by Crippen LogP contribution is -3.00. The molecule has 0 aliphatic carbocycles. The number of hydrogen-bond acceptors (Lipinski definition) is 6. The van der Waals surface area contributed by atoms with Gasteiger partial charge >= 0.3 is 18.0 Å². The van der Waals surface area contributed by atoms with Crippen LogP contribution < -0.4 is 26.4 Å². The second-order valence-electron chi connectivity index (χ2n) is 3.76. The van der Waals surface area contributed by atoms with E-state index in [0.717, 1.165) is 6.54 Å². The van der Waals surface area contributed by atoms with Crippen molar-refractivity contribution in [3.8, 4) is 12.0 Å². The van der Waals surface area contributed by atoms with Crippen LogP contribution >= 0.6 is 0 Å². The maximum Gasteiger partial charge on any atom is 0.342 e. The van der Waals surface area contributed by atoms with Gasteiger partial charge in [-0.2, -0.15) is 0 Å². The molecule has 108 valence electrons. The molecule has 1 unspecified atom stereocenters. The molecular weight excluding hydrogens is 276 g/mol. The Morgan fingerprint density at radius 2 is 1.74 bits per heavy atom. The van der Waals surface area contributed by atoms with E-state index in [1.165, 1.54) is 14.2 Å². The first-order valence-corrected chi connectivity index (χ1v) is 5.17. The Labute approximate surface area is 117 Å². The lowest BCUT2D eigenvalue weighted by Gasteiger charge is -2.29. The molecule has 0 radical (unpaired) electrons. The van der Waals surface area contributed by atoms with Gasteiger partial charge in [-0.1, -0.05) is 0 Å². The van der Waals surface area contributed by atoms with Crippen molar-refractivity contribution in [2.24, 2.45) is 0 Å². The molecule has 2 heterocycles. The highest BCUT2D eigenvalue weighted by molar-refractivity contribution is 5.31. The Kier molecular flexibility index (Phi) is 6.46. The monoisotopic (exact) mass is 292 g/mol. The molecule has 0 aromatic carbocycles. The third kappa shape index (κ3) is 3.66. The molecule has 2 N–H and O–H groups in total. The Morgan fingerprint density at radius 3 is 2.16 bits per heavy atom. The maximum absolute atomic E-state index is 5.17. The summed E-state index contributed by atoms with van der Waals surface area (Å²) in [7, 11) is 4.99. The summed E-state index contributed by atoms with van der Waals surface area (Å²) in [5, 5.41) is 0. The standard InChI is InChI=1S/C10H15N4O3.ClH.H2O/c1-14(4-6-17-7-5-14)8-11-9(15-2)13-10(12-8)16-3;;/h4,6H,5,7H2,1-3H3;1H;1H2/q+1;;/p-1. The summed E-state index contributed by atoms with van der Waals surface area (Å²) < 4.78 is 15.6. The van der Waals surface area contributed by atoms with Gasteiger partial charge in [0, 0.05) is 0 Å². The first kappa shape index (κ1) is 17.4. The molecule has 9 heteroatoms. The number of hydrogen-bond donors (Lipinski definition) is 0. The minimum absolute atomic E-state index is 0. The van der Waals surface area contributed by atoms with Crippen molar-refractivity contribution in [2.45, 2.75) is 0 Å². The third-order valence-electron chi connectivity index (χ3n) is 2.56. The van der Waals surface area contributed by atoms with Gasteiger partial charge in [0.15, 0.2) is 0 Å². The summed E-state index contributed by atoms with van der Waals surface area (Å²) in [6.07, 6.45) is 3.52. The van der Waals surface area contributed by atoms with Gasteiger partial charge in [-0.3, -0.25) is 0 Å². The minimum Gasteiger partial charge on any atom is -1.00 e. The number of halogens is 1. The summed E-state index contributed by atoms with van der Waals surface area (Å²) in [5.74, 6) is 0.563. The van der Waals surface area contributed by atoms with Gasteiger partial charge in [-0.05, 0) is 0 Å². The quantitative estimate of drug-likeness (QED) is 0.536. The molecule has 0 amide bonds. The highest BCUT2D eigenvalue weighted by atomic mass is 35.5. The second kappa shape index (κ2) is 7.07. The Balaban J connectivity index is 0.00000162.